The van der Waals surface area contributed by atoms with Gasteiger partial charge >= 0.3 is 0 Å². The molecule has 1 amide bonds. The standard InChI is InChI=1S/C23H28N2O4/c26-18(16-29-22-8-4-7-21-20(22)13-23(27)24-21)14-25-11-9-17(10-12-25)15-28-19-5-2-1-3-6-19/h1-8,17-18,26H,9-16H2,(H,24,27). The molecule has 6 nitrogen and oxygen atoms in total. The van der Waals surface area contributed by atoms with E-state index in [9.17, 15) is 9.90 Å². The molecule has 2 heterocycles. The second-order valence-electron chi connectivity index (χ2n) is 7.84. The maximum absolute atomic E-state index is 11.6. The molecular formula is C23H28N2O4. The topological polar surface area (TPSA) is 71.0 Å². The van der Waals surface area contributed by atoms with Gasteiger partial charge in [-0.3, -0.25) is 4.79 Å². The first kappa shape index (κ1) is 19.7. The van der Waals surface area contributed by atoms with Crippen LogP contribution in [0.2, 0.25) is 0 Å². The number of likely N-dealkylation sites (tertiary alicyclic amines) is 1. The average molecular weight is 396 g/mol. The van der Waals surface area contributed by atoms with E-state index < -0.39 is 6.10 Å². The van der Waals surface area contributed by atoms with Crippen molar-refractivity contribution in [1.82, 2.24) is 4.90 Å². The van der Waals surface area contributed by atoms with Gasteiger partial charge in [-0.15, -0.1) is 0 Å². The third-order valence-corrected chi connectivity index (χ3v) is 5.58. The Kier molecular flexibility index (Phi) is 6.32. The van der Waals surface area contributed by atoms with Crippen LogP contribution in [-0.2, 0) is 11.2 Å². The lowest BCUT2D eigenvalue weighted by Crippen LogP contribution is -2.41. The second-order valence-corrected chi connectivity index (χ2v) is 7.84. The van der Waals surface area contributed by atoms with E-state index in [2.05, 4.69) is 10.2 Å². The first-order valence-electron chi connectivity index (χ1n) is 10.3. The Hall–Kier alpha value is -2.57. The first-order chi connectivity index (χ1) is 14.2. The van der Waals surface area contributed by atoms with Crippen molar-refractivity contribution in [3.63, 3.8) is 0 Å². The molecule has 1 atom stereocenters. The molecule has 4 rings (SSSR count). The highest BCUT2D eigenvalue weighted by Gasteiger charge is 2.24. The largest absolute Gasteiger partial charge is 0.493 e. The lowest BCUT2D eigenvalue weighted by Gasteiger charge is -2.33. The number of nitrogens with one attached hydrogen (secondary N) is 1. The summed E-state index contributed by atoms with van der Waals surface area (Å²) in [4.78, 5) is 13.9. The molecule has 29 heavy (non-hydrogen) atoms. The molecule has 1 saturated heterocycles. The van der Waals surface area contributed by atoms with Gasteiger partial charge in [-0.1, -0.05) is 24.3 Å². The number of piperidine rings is 1. The number of hydrogen-bond donors (Lipinski definition) is 2. The molecule has 0 aromatic heterocycles. The van der Waals surface area contributed by atoms with Gasteiger partial charge in [-0.2, -0.15) is 0 Å². The molecule has 1 unspecified atom stereocenters. The maximum atomic E-state index is 11.6. The van der Waals surface area contributed by atoms with Crippen molar-refractivity contribution in [1.29, 1.82) is 0 Å². The first-order valence-corrected chi connectivity index (χ1v) is 10.3. The molecule has 2 aliphatic rings. The number of rotatable bonds is 8. The molecule has 2 aliphatic heterocycles. The quantitative estimate of drug-likeness (QED) is 0.718. The Morgan fingerprint density at radius 2 is 1.86 bits per heavy atom. The van der Waals surface area contributed by atoms with Crippen molar-refractivity contribution in [2.75, 3.05) is 38.2 Å². The minimum atomic E-state index is -0.562. The number of aliphatic hydroxyl groups excluding tert-OH is 1. The SMILES string of the molecule is O=C1Cc2c(cccc2OCC(O)CN2CCC(COc3ccccc3)CC2)N1. The average Bonchev–Trinajstić information content (AvgIpc) is 3.13. The van der Waals surface area contributed by atoms with Crippen LogP contribution in [-0.4, -0.2) is 54.9 Å². The van der Waals surface area contributed by atoms with Crippen molar-refractivity contribution < 1.29 is 19.4 Å². The molecule has 0 bridgehead atoms. The fourth-order valence-electron chi connectivity index (χ4n) is 3.96. The molecule has 2 aromatic carbocycles. The Morgan fingerprint density at radius 1 is 1.07 bits per heavy atom. The smallest absolute Gasteiger partial charge is 0.229 e. The molecule has 0 aliphatic carbocycles. The van der Waals surface area contributed by atoms with Crippen LogP contribution in [0.25, 0.3) is 0 Å². The van der Waals surface area contributed by atoms with E-state index in [0.29, 0.717) is 24.6 Å². The van der Waals surface area contributed by atoms with Crippen molar-refractivity contribution in [2.45, 2.75) is 25.4 Å². The highest BCUT2D eigenvalue weighted by Crippen LogP contribution is 2.31. The number of β-amino-alcohol motifs (C(OH)–C–C–N with tert-alkyl or cyclic N) is 1. The van der Waals surface area contributed by atoms with Gasteiger partial charge < -0.3 is 24.8 Å². The zero-order valence-corrected chi connectivity index (χ0v) is 16.5. The number of benzene rings is 2. The molecule has 0 spiro atoms. The van der Waals surface area contributed by atoms with Gasteiger partial charge in [-0.25, -0.2) is 0 Å². The van der Waals surface area contributed by atoms with E-state index >= 15 is 0 Å². The summed E-state index contributed by atoms with van der Waals surface area (Å²) in [6, 6.07) is 15.5. The van der Waals surface area contributed by atoms with E-state index in [-0.39, 0.29) is 12.5 Å². The highest BCUT2D eigenvalue weighted by molar-refractivity contribution is 6.00. The van der Waals surface area contributed by atoms with Gasteiger partial charge in [0, 0.05) is 17.8 Å². The third-order valence-electron chi connectivity index (χ3n) is 5.58. The van der Waals surface area contributed by atoms with E-state index in [0.717, 1.165) is 49.5 Å². The van der Waals surface area contributed by atoms with Crippen molar-refractivity contribution in [3.8, 4) is 11.5 Å². The van der Waals surface area contributed by atoms with Crippen LogP contribution in [0.1, 0.15) is 18.4 Å². The number of fused-ring (bicyclic) bond motifs is 1. The lowest BCUT2D eigenvalue weighted by atomic mass is 9.97. The van der Waals surface area contributed by atoms with Crippen LogP contribution in [0.15, 0.2) is 48.5 Å². The summed E-state index contributed by atoms with van der Waals surface area (Å²) in [5.41, 5.74) is 1.69. The number of carbonyl (C=O) groups is 1. The Labute approximate surface area is 171 Å². The van der Waals surface area contributed by atoms with Crippen molar-refractivity contribution in [2.24, 2.45) is 5.92 Å². The molecule has 6 heteroatoms. The summed E-state index contributed by atoms with van der Waals surface area (Å²) in [6.45, 7) is 3.48. The number of amides is 1. The van der Waals surface area contributed by atoms with E-state index in [4.69, 9.17) is 9.47 Å². The molecule has 2 N–H and O–H groups in total. The van der Waals surface area contributed by atoms with Gasteiger partial charge in [0.15, 0.2) is 0 Å². The van der Waals surface area contributed by atoms with Crippen LogP contribution < -0.4 is 14.8 Å². The number of aliphatic hydroxyl groups is 1. The van der Waals surface area contributed by atoms with E-state index in [1.54, 1.807) is 0 Å². The van der Waals surface area contributed by atoms with Crippen LogP contribution >= 0.6 is 0 Å². The minimum Gasteiger partial charge on any atom is -0.493 e. The highest BCUT2D eigenvalue weighted by atomic mass is 16.5. The lowest BCUT2D eigenvalue weighted by molar-refractivity contribution is -0.115. The van der Waals surface area contributed by atoms with Gasteiger partial charge in [0.1, 0.15) is 24.2 Å². The molecule has 0 radical (unpaired) electrons. The zero-order valence-electron chi connectivity index (χ0n) is 16.5. The number of para-hydroxylation sites is 1. The van der Waals surface area contributed by atoms with Crippen LogP contribution in [0.5, 0.6) is 11.5 Å². The molecular weight excluding hydrogens is 368 g/mol. The summed E-state index contributed by atoms with van der Waals surface area (Å²) in [5, 5.41) is 13.2. The second kappa shape index (κ2) is 9.29. The van der Waals surface area contributed by atoms with E-state index in [1.165, 1.54) is 0 Å². The van der Waals surface area contributed by atoms with Crippen LogP contribution in [0, 0.1) is 5.92 Å². The van der Waals surface area contributed by atoms with Crippen molar-refractivity contribution in [3.05, 3.63) is 54.1 Å². The third kappa shape index (κ3) is 5.28. The monoisotopic (exact) mass is 396 g/mol. The van der Waals surface area contributed by atoms with Gasteiger partial charge in [0.25, 0.3) is 0 Å². The maximum Gasteiger partial charge on any atom is 0.229 e. The Morgan fingerprint density at radius 3 is 2.66 bits per heavy atom. The summed E-state index contributed by atoms with van der Waals surface area (Å²) < 4.78 is 11.7. The number of anilines is 1. The molecule has 0 saturated carbocycles. The number of hydrogen-bond acceptors (Lipinski definition) is 5. The number of nitrogens with zero attached hydrogens (tertiary/aromatic N) is 1. The van der Waals surface area contributed by atoms with Crippen LogP contribution in [0.3, 0.4) is 0 Å². The van der Waals surface area contributed by atoms with Crippen LogP contribution in [0.4, 0.5) is 5.69 Å². The van der Waals surface area contributed by atoms with Gasteiger partial charge in [0.2, 0.25) is 5.91 Å². The molecule has 154 valence electrons. The normalized spacial score (nSPS) is 18.2. The zero-order chi connectivity index (χ0) is 20.1. The predicted molar refractivity (Wildman–Crippen MR) is 111 cm³/mol. The fourth-order valence-corrected chi connectivity index (χ4v) is 3.96. The van der Waals surface area contributed by atoms with Gasteiger partial charge in [-0.05, 0) is 56.1 Å². The van der Waals surface area contributed by atoms with E-state index in [1.807, 2.05) is 48.5 Å². The van der Waals surface area contributed by atoms with Crippen molar-refractivity contribution >= 4 is 11.6 Å². The summed E-state index contributed by atoms with van der Waals surface area (Å²) in [6.07, 6.45) is 1.91. The summed E-state index contributed by atoms with van der Waals surface area (Å²) in [7, 11) is 0. The molecule has 2 aromatic rings. The summed E-state index contributed by atoms with van der Waals surface area (Å²) >= 11 is 0. The number of carbonyl (C=O) groups excluding carboxylic acids is 1. The predicted octanol–water partition coefficient (Wildman–Crippen LogP) is 2.71. The Balaban J connectivity index is 1.17. The fraction of sp³-hybridized carbons (Fsp3) is 0.435. The minimum absolute atomic E-state index is 0.0179. The molecule has 1 fully saturated rings. The van der Waals surface area contributed by atoms with Gasteiger partial charge in [0.05, 0.1) is 13.0 Å². The Bertz CT molecular complexity index is 819. The summed E-state index contributed by atoms with van der Waals surface area (Å²) in [5.74, 6) is 2.14. The number of ether oxygens (including phenoxy) is 2.